The number of amides is 2. The second kappa shape index (κ2) is 7.68. The molecule has 1 aromatic heterocycles. The summed E-state index contributed by atoms with van der Waals surface area (Å²) < 4.78 is 5.57. The Hall–Kier alpha value is -2.05. The Morgan fingerprint density at radius 1 is 1.33 bits per heavy atom. The van der Waals surface area contributed by atoms with Gasteiger partial charge in [0, 0.05) is 17.8 Å². The Morgan fingerprint density at radius 3 is 2.96 bits per heavy atom. The van der Waals surface area contributed by atoms with Gasteiger partial charge in [-0.1, -0.05) is 18.2 Å². The van der Waals surface area contributed by atoms with E-state index in [4.69, 9.17) is 4.74 Å². The van der Waals surface area contributed by atoms with Gasteiger partial charge in [-0.3, -0.25) is 0 Å². The molecule has 128 valence electrons. The smallest absolute Gasteiger partial charge is 0.315 e. The number of nitrogens with one attached hydrogen (secondary N) is 2. The van der Waals surface area contributed by atoms with E-state index in [0.29, 0.717) is 13.1 Å². The summed E-state index contributed by atoms with van der Waals surface area (Å²) in [6.45, 7) is 1.88. The fourth-order valence-electron chi connectivity index (χ4n) is 2.84. The minimum absolute atomic E-state index is 0.128. The van der Waals surface area contributed by atoms with Gasteiger partial charge < -0.3 is 20.3 Å². The van der Waals surface area contributed by atoms with Crippen molar-refractivity contribution >= 4 is 17.4 Å². The minimum atomic E-state index is -0.139. The van der Waals surface area contributed by atoms with Crippen LogP contribution in [0.2, 0.25) is 0 Å². The first-order valence-corrected chi connectivity index (χ1v) is 8.97. The van der Waals surface area contributed by atoms with Crippen molar-refractivity contribution in [2.24, 2.45) is 0 Å². The standard InChI is InChI=1S/C18H23N3O2S/c1-21(2)16(13-5-6-17-14(10-13)7-8-23-17)12-20-18(22)19-11-15-4-3-9-24-15/h3-6,9-10,16H,7-8,11-12H2,1-2H3,(H2,19,20,22)/t16-/m0/s1. The zero-order chi connectivity index (χ0) is 16.9. The lowest BCUT2D eigenvalue weighted by Crippen LogP contribution is -2.40. The lowest BCUT2D eigenvalue weighted by molar-refractivity contribution is 0.232. The van der Waals surface area contributed by atoms with Crippen molar-refractivity contribution in [3.63, 3.8) is 0 Å². The van der Waals surface area contributed by atoms with Crippen molar-refractivity contribution < 1.29 is 9.53 Å². The molecule has 0 unspecified atom stereocenters. The monoisotopic (exact) mass is 345 g/mol. The molecule has 2 heterocycles. The number of carbonyl (C=O) groups excluding carboxylic acids is 1. The fraction of sp³-hybridized carbons (Fsp3) is 0.389. The van der Waals surface area contributed by atoms with E-state index in [9.17, 15) is 4.79 Å². The summed E-state index contributed by atoms with van der Waals surface area (Å²) in [4.78, 5) is 15.3. The molecule has 0 bridgehead atoms. The number of fused-ring (bicyclic) bond motifs is 1. The van der Waals surface area contributed by atoms with Crippen LogP contribution in [-0.4, -0.2) is 38.2 Å². The quantitative estimate of drug-likeness (QED) is 0.846. The maximum atomic E-state index is 12.0. The third kappa shape index (κ3) is 4.07. The highest BCUT2D eigenvalue weighted by molar-refractivity contribution is 7.09. The first-order chi connectivity index (χ1) is 11.6. The number of carbonyl (C=O) groups is 1. The van der Waals surface area contributed by atoms with Gasteiger partial charge in [0.2, 0.25) is 0 Å². The van der Waals surface area contributed by atoms with Gasteiger partial charge in [-0.2, -0.15) is 0 Å². The molecule has 0 fully saturated rings. The van der Waals surface area contributed by atoms with Crippen molar-refractivity contribution in [1.29, 1.82) is 0 Å². The van der Waals surface area contributed by atoms with Crippen LogP contribution in [0.15, 0.2) is 35.7 Å². The van der Waals surface area contributed by atoms with Gasteiger partial charge in [0.1, 0.15) is 5.75 Å². The van der Waals surface area contributed by atoms with Gasteiger partial charge in [0.15, 0.2) is 0 Å². The summed E-state index contributed by atoms with van der Waals surface area (Å²) >= 11 is 1.64. The van der Waals surface area contributed by atoms with Gasteiger partial charge in [-0.05, 0) is 42.7 Å². The first-order valence-electron chi connectivity index (χ1n) is 8.09. The Bertz CT molecular complexity index is 686. The zero-order valence-electron chi connectivity index (χ0n) is 14.0. The molecule has 0 saturated carbocycles. The van der Waals surface area contributed by atoms with Crippen LogP contribution in [0.25, 0.3) is 0 Å². The molecular formula is C18H23N3O2S. The molecule has 3 rings (SSSR count). The van der Waals surface area contributed by atoms with Gasteiger partial charge in [-0.15, -0.1) is 11.3 Å². The van der Waals surface area contributed by atoms with E-state index < -0.39 is 0 Å². The predicted molar refractivity (Wildman–Crippen MR) is 96.6 cm³/mol. The number of hydrogen-bond donors (Lipinski definition) is 2. The number of urea groups is 1. The molecule has 0 saturated heterocycles. The van der Waals surface area contributed by atoms with Crippen molar-refractivity contribution in [2.75, 3.05) is 27.2 Å². The molecule has 1 aliphatic rings. The van der Waals surface area contributed by atoms with Gasteiger partial charge in [0.05, 0.1) is 19.2 Å². The lowest BCUT2D eigenvalue weighted by Gasteiger charge is -2.25. The number of rotatable bonds is 6. The summed E-state index contributed by atoms with van der Waals surface area (Å²) in [5.41, 5.74) is 2.45. The van der Waals surface area contributed by atoms with E-state index >= 15 is 0 Å². The largest absolute Gasteiger partial charge is 0.493 e. The van der Waals surface area contributed by atoms with Crippen LogP contribution in [0.1, 0.15) is 22.0 Å². The van der Waals surface area contributed by atoms with E-state index in [2.05, 4.69) is 27.7 Å². The Morgan fingerprint density at radius 2 is 2.21 bits per heavy atom. The van der Waals surface area contributed by atoms with Crippen molar-refractivity contribution in [3.8, 4) is 5.75 Å². The fourth-order valence-corrected chi connectivity index (χ4v) is 3.49. The topological polar surface area (TPSA) is 53.6 Å². The van der Waals surface area contributed by atoms with Crippen LogP contribution in [0.3, 0.4) is 0 Å². The average molecular weight is 345 g/mol. The van der Waals surface area contributed by atoms with Crippen LogP contribution in [0, 0.1) is 0 Å². The number of ether oxygens (including phenoxy) is 1. The second-order valence-electron chi connectivity index (χ2n) is 6.09. The minimum Gasteiger partial charge on any atom is -0.493 e. The predicted octanol–water partition coefficient (Wildman–Crippen LogP) is 2.79. The van der Waals surface area contributed by atoms with E-state index in [1.165, 1.54) is 11.1 Å². The third-order valence-electron chi connectivity index (χ3n) is 4.18. The second-order valence-corrected chi connectivity index (χ2v) is 7.12. The van der Waals surface area contributed by atoms with Crippen molar-refractivity contribution in [3.05, 3.63) is 51.7 Å². The molecule has 1 aliphatic heterocycles. The van der Waals surface area contributed by atoms with Crippen LogP contribution >= 0.6 is 11.3 Å². The summed E-state index contributed by atoms with van der Waals surface area (Å²) in [5, 5.41) is 7.88. The van der Waals surface area contributed by atoms with Crippen LogP contribution in [-0.2, 0) is 13.0 Å². The number of likely N-dealkylation sites (N-methyl/N-ethyl adjacent to an activating group) is 1. The van der Waals surface area contributed by atoms with Gasteiger partial charge in [0.25, 0.3) is 0 Å². The molecule has 6 heteroatoms. The maximum absolute atomic E-state index is 12.0. The summed E-state index contributed by atoms with van der Waals surface area (Å²) in [6, 6.07) is 10.3. The van der Waals surface area contributed by atoms with E-state index in [0.717, 1.165) is 23.7 Å². The van der Waals surface area contributed by atoms with Crippen LogP contribution < -0.4 is 15.4 Å². The normalized spacial score (nSPS) is 14.1. The maximum Gasteiger partial charge on any atom is 0.315 e. The molecule has 24 heavy (non-hydrogen) atoms. The average Bonchev–Trinajstić information content (AvgIpc) is 3.23. The highest BCUT2D eigenvalue weighted by atomic mass is 32.1. The van der Waals surface area contributed by atoms with Crippen LogP contribution in [0.4, 0.5) is 4.79 Å². The molecule has 1 aromatic carbocycles. The SMILES string of the molecule is CN(C)[C@@H](CNC(=O)NCc1cccs1)c1ccc2c(c1)CCO2. The van der Waals surface area contributed by atoms with Gasteiger partial charge >= 0.3 is 6.03 Å². The van der Waals surface area contributed by atoms with E-state index in [-0.39, 0.29) is 12.1 Å². The van der Waals surface area contributed by atoms with E-state index in [1.54, 1.807) is 11.3 Å². The third-order valence-corrected chi connectivity index (χ3v) is 5.06. The number of hydrogen-bond acceptors (Lipinski definition) is 4. The number of nitrogens with zero attached hydrogens (tertiary/aromatic N) is 1. The highest BCUT2D eigenvalue weighted by Gasteiger charge is 2.19. The Labute approximate surface area is 146 Å². The molecule has 0 radical (unpaired) electrons. The first kappa shape index (κ1) is 16.8. The lowest BCUT2D eigenvalue weighted by atomic mass is 10.0. The molecule has 0 aliphatic carbocycles. The highest BCUT2D eigenvalue weighted by Crippen LogP contribution is 2.29. The number of thiophene rings is 1. The molecule has 2 aromatic rings. The molecular weight excluding hydrogens is 322 g/mol. The Balaban J connectivity index is 1.57. The summed E-state index contributed by atoms with van der Waals surface area (Å²) in [7, 11) is 4.05. The zero-order valence-corrected chi connectivity index (χ0v) is 14.9. The van der Waals surface area contributed by atoms with Gasteiger partial charge in [-0.25, -0.2) is 4.79 Å². The number of benzene rings is 1. The Kier molecular flexibility index (Phi) is 5.37. The summed E-state index contributed by atoms with van der Waals surface area (Å²) in [6.07, 6.45) is 0.956. The molecule has 2 N–H and O–H groups in total. The van der Waals surface area contributed by atoms with Crippen molar-refractivity contribution in [2.45, 2.75) is 19.0 Å². The molecule has 2 amide bonds. The van der Waals surface area contributed by atoms with Crippen LogP contribution in [0.5, 0.6) is 5.75 Å². The molecule has 5 nitrogen and oxygen atoms in total. The summed E-state index contributed by atoms with van der Waals surface area (Å²) in [5.74, 6) is 0.984. The van der Waals surface area contributed by atoms with Crippen molar-refractivity contribution in [1.82, 2.24) is 15.5 Å². The molecule has 1 atom stereocenters. The van der Waals surface area contributed by atoms with E-state index in [1.807, 2.05) is 37.7 Å². The molecule has 0 spiro atoms.